The molecule has 1 aliphatic rings. The standard InChI is InChI=1S/C13H18N2S/c14-13(16)6-3-8-15-9-7-11-4-1-2-5-12(11)10-15/h1-2,4-5H,3,6-10H2,(H2,14,16). The first-order chi connectivity index (χ1) is 7.75. The molecule has 0 saturated carbocycles. The normalized spacial score (nSPS) is 15.8. The lowest BCUT2D eigenvalue weighted by molar-refractivity contribution is 0.253. The van der Waals surface area contributed by atoms with E-state index in [4.69, 9.17) is 18.0 Å². The van der Waals surface area contributed by atoms with Crippen molar-refractivity contribution in [1.82, 2.24) is 4.90 Å². The topological polar surface area (TPSA) is 29.3 Å². The van der Waals surface area contributed by atoms with Crippen LogP contribution in [0, 0.1) is 0 Å². The van der Waals surface area contributed by atoms with E-state index in [9.17, 15) is 0 Å². The number of benzene rings is 1. The molecule has 0 spiro atoms. The molecule has 0 fully saturated rings. The van der Waals surface area contributed by atoms with Crippen molar-refractivity contribution in [3.63, 3.8) is 0 Å². The molecule has 0 atom stereocenters. The number of hydrogen-bond acceptors (Lipinski definition) is 2. The predicted molar refractivity (Wildman–Crippen MR) is 71.4 cm³/mol. The minimum Gasteiger partial charge on any atom is -0.393 e. The van der Waals surface area contributed by atoms with E-state index in [0.717, 1.165) is 32.5 Å². The molecule has 1 heterocycles. The van der Waals surface area contributed by atoms with Crippen molar-refractivity contribution in [2.75, 3.05) is 13.1 Å². The van der Waals surface area contributed by atoms with Crippen molar-refractivity contribution in [3.8, 4) is 0 Å². The van der Waals surface area contributed by atoms with Crippen molar-refractivity contribution >= 4 is 17.2 Å². The maximum absolute atomic E-state index is 5.50. The predicted octanol–water partition coefficient (Wildman–Crippen LogP) is 2.11. The van der Waals surface area contributed by atoms with Gasteiger partial charge in [0.15, 0.2) is 0 Å². The summed E-state index contributed by atoms with van der Waals surface area (Å²) in [6.45, 7) is 3.34. The van der Waals surface area contributed by atoms with Gasteiger partial charge in [-0.3, -0.25) is 4.90 Å². The summed E-state index contributed by atoms with van der Waals surface area (Å²) >= 11 is 4.88. The average Bonchev–Trinajstić information content (AvgIpc) is 2.28. The minimum atomic E-state index is 0.636. The summed E-state index contributed by atoms with van der Waals surface area (Å²) in [7, 11) is 0. The molecule has 0 radical (unpaired) electrons. The fourth-order valence-electron chi connectivity index (χ4n) is 2.22. The van der Waals surface area contributed by atoms with E-state index < -0.39 is 0 Å². The van der Waals surface area contributed by atoms with Crippen LogP contribution >= 0.6 is 12.2 Å². The molecule has 1 aromatic carbocycles. The number of thiocarbonyl (C=S) groups is 1. The highest BCUT2D eigenvalue weighted by molar-refractivity contribution is 7.80. The molecule has 2 N–H and O–H groups in total. The molecule has 0 unspecified atom stereocenters. The largest absolute Gasteiger partial charge is 0.393 e. The SMILES string of the molecule is NC(=S)CCCN1CCc2ccccc2C1. The summed E-state index contributed by atoms with van der Waals surface area (Å²) in [4.78, 5) is 3.12. The number of nitrogens with two attached hydrogens (primary N) is 1. The number of hydrogen-bond donors (Lipinski definition) is 1. The van der Waals surface area contributed by atoms with E-state index in [1.54, 1.807) is 0 Å². The molecule has 0 bridgehead atoms. The van der Waals surface area contributed by atoms with E-state index in [0.29, 0.717) is 4.99 Å². The Morgan fingerprint density at radius 1 is 1.31 bits per heavy atom. The Labute approximate surface area is 102 Å². The van der Waals surface area contributed by atoms with Gasteiger partial charge < -0.3 is 5.73 Å². The van der Waals surface area contributed by atoms with Gasteiger partial charge in [-0.2, -0.15) is 0 Å². The zero-order valence-corrected chi connectivity index (χ0v) is 10.3. The third-order valence-electron chi connectivity index (χ3n) is 3.11. The van der Waals surface area contributed by atoms with Gasteiger partial charge >= 0.3 is 0 Å². The fraction of sp³-hybridized carbons (Fsp3) is 0.462. The van der Waals surface area contributed by atoms with Crippen molar-refractivity contribution in [2.24, 2.45) is 5.73 Å². The first-order valence-electron chi connectivity index (χ1n) is 5.83. The summed E-state index contributed by atoms with van der Waals surface area (Å²) in [6, 6.07) is 8.72. The Morgan fingerprint density at radius 3 is 2.81 bits per heavy atom. The molecule has 0 aliphatic carbocycles. The third-order valence-corrected chi connectivity index (χ3v) is 3.31. The van der Waals surface area contributed by atoms with Crippen LogP contribution in [-0.2, 0) is 13.0 Å². The van der Waals surface area contributed by atoms with Crippen LogP contribution in [0.15, 0.2) is 24.3 Å². The maximum atomic E-state index is 5.50. The second-order valence-electron chi connectivity index (χ2n) is 4.36. The monoisotopic (exact) mass is 234 g/mol. The molecule has 2 nitrogen and oxygen atoms in total. The van der Waals surface area contributed by atoms with Gasteiger partial charge in [0.2, 0.25) is 0 Å². The van der Waals surface area contributed by atoms with Crippen molar-refractivity contribution < 1.29 is 0 Å². The minimum absolute atomic E-state index is 0.636. The van der Waals surface area contributed by atoms with Crippen LogP contribution in [0.3, 0.4) is 0 Å². The Hall–Kier alpha value is -0.930. The first-order valence-corrected chi connectivity index (χ1v) is 6.24. The molecule has 1 aromatic rings. The summed E-state index contributed by atoms with van der Waals surface area (Å²) in [5.41, 5.74) is 8.48. The summed E-state index contributed by atoms with van der Waals surface area (Å²) in [5, 5.41) is 0. The van der Waals surface area contributed by atoms with E-state index in [-0.39, 0.29) is 0 Å². The highest BCUT2D eigenvalue weighted by atomic mass is 32.1. The smallest absolute Gasteiger partial charge is 0.0727 e. The van der Waals surface area contributed by atoms with E-state index in [1.807, 2.05) is 0 Å². The molecular weight excluding hydrogens is 216 g/mol. The van der Waals surface area contributed by atoms with Gasteiger partial charge in [0.05, 0.1) is 4.99 Å². The first kappa shape index (κ1) is 11.6. The van der Waals surface area contributed by atoms with Gasteiger partial charge in [-0.25, -0.2) is 0 Å². The van der Waals surface area contributed by atoms with Gasteiger partial charge in [-0.15, -0.1) is 0 Å². The lowest BCUT2D eigenvalue weighted by Crippen LogP contribution is -2.31. The van der Waals surface area contributed by atoms with Crippen LogP contribution in [-0.4, -0.2) is 23.0 Å². The highest BCUT2D eigenvalue weighted by Gasteiger charge is 2.14. The molecule has 0 amide bonds. The maximum Gasteiger partial charge on any atom is 0.0727 e. The van der Waals surface area contributed by atoms with E-state index in [1.165, 1.54) is 17.5 Å². The average molecular weight is 234 g/mol. The Kier molecular flexibility index (Phi) is 3.91. The number of nitrogens with zero attached hydrogens (tertiary/aromatic N) is 1. The lowest BCUT2D eigenvalue weighted by atomic mass is 10.00. The van der Waals surface area contributed by atoms with Crippen molar-refractivity contribution in [3.05, 3.63) is 35.4 Å². The van der Waals surface area contributed by atoms with Gasteiger partial charge in [-0.1, -0.05) is 36.5 Å². The van der Waals surface area contributed by atoms with Crippen LogP contribution in [0.1, 0.15) is 24.0 Å². The quantitative estimate of drug-likeness (QED) is 0.809. The van der Waals surface area contributed by atoms with Crippen LogP contribution in [0.25, 0.3) is 0 Å². The highest BCUT2D eigenvalue weighted by Crippen LogP contribution is 2.18. The Bertz CT molecular complexity index is 376. The van der Waals surface area contributed by atoms with Crippen LogP contribution < -0.4 is 5.73 Å². The van der Waals surface area contributed by atoms with Gasteiger partial charge in [-0.05, 0) is 36.9 Å². The van der Waals surface area contributed by atoms with Crippen LogP contribution in [0.4, 0.5) is 0 Å². The van der Waals surface area contributed by atoms with E-state index in [2.05, 4.69) is 29.2 Å². The summed E-state index contributed by atoms with van der Waals surface area (Å²) in [6.07, 6.45) is 3.12. The summed E-state index contributed by atoms with van der Waals surface area (Å²) in [5.74, 6) is 0. The molecule has 86 valence electrons. The zero-order valence-electron chi connectivity index (χ0n) is 9.48. The Balaban J connectivity index is 1.86. The molecule has 2 rings (SSSR count). The lowest BCUT2D eigenvalue weighted by Gasteiger charge is -2.28. The molecule has 0 aromatic heterocycles. The fourth-order valence-corrected chi connectivity index (χ4v) is 2.37. The Morgan fingerprint density at radius 2 is 2.06 bits per heavy atom. The van der Waals surface area contributed by atoms with Crippen LogP contribution in [0.5, 0.6) is 0 Å². The zero-order chi connectivity index (χ0) is 11.4. The van der Waals surface area contributed by atoms with Crippen LogP contribution in [0.2, 0.25) is 0 Å². The molecule has 3 heteroatoms. The molecule has 0 saturated heterocycles. The second kappa shape index (κ2) is 5.41. The number of fused-ring (bicyclic) bond motifs is 1. The third kappa shape index (κ3) is 3.03. The van der Waals surface area contributed by atoms with Gasteiger partial charge in [0, 0.05) is 13.1 Å². The van der Waals surface area contributed by atoms with E-state index >= 15 is 0 Å². The molecule has 16 heavy (non-hydrogen) atoms. The summed E-state index contributed by atoms with van der Waals surface area (Å²) < 4.78 is 0. The molecular formula is C13H18N2S. The van der Waals surface area contributed by atoms with Gasteiger partial charge in [0.25, 0.3) is 0 Å². The van der Waals surface area contributed by atoms with Crippen molar-refractivity contribution in [1.29, 1.82) is 0 Å². The van der Waals surface area contributed by atoms with Crippen molar-refractivity contribution in [2.45, 2.75) is 25.8 Å². The van der Waals surface area contributed by atoms with Gasteiger partial charge in [0.1, 0.15) is 0 Å². The molecule has 1 aliphatic heterocycles. The second-order valence-corrected chi connectivity index (χ2v) is 4.89. The number of rotatable bonds is 4.